The molecule has 0 saturated heterocycles. The van der Waals surface area contributed by atoms with Crippen molar-refractivity contribution in [2.24, 2.45) is 53.1 Å². The van der Waals surface area contributed by atoms with E-state index in [4.69, 9.17) is 19.7 Å². The Labute approximate surface area is 383 Å². The zero-order valence-electron chi connectivity index (χ0n) is 39.7. The third-order valence-electron chi connectivity index (χ3n) is 11.4. The number of esters is 2. The Morgan fingerprint density at radius 3 is 1.20 bits per heavy atom. The molecule has 0 bridgehead atoms. The van der Waals surface area contributed by atoms with Gasteiger partial charge in [0, 0.05) is 12.8 Å². The molecule has 0 fully saturated rings. The molecule has 0 spiro atoms. The summed E-state index contributed by atoms with van der Waals surface area (Å²) < 4.78 is 33.2. The maximum absolute atomic E-state index is 13.0. The van der Waals surface area contributed by atoms with E-state index in [0.29, 0.717) is 11.8 Å². The van der Waals surface area contributed by atoms with Gasteiger partial charge < -0.3 is 30.0 Å². The molecule has 9 atom stereocenters. The van der Waals surface area contributed by atoms with E-state index in [1.807, 2.05) is 13.8 Å². The molecule has 0 saturated carbocycles. The van der Waals surface area contributed by atoms with Crippen LogP contribution in [0.2, 0.25) is 0 Å². The number of nitrogens with two attached hydrogens (primary N) is 1. The molecule has 0 aromatic carbocycles. The number of carboxylic acid groups (broad SMARTS) is 1. The number of rotatable bonds is 38. The molecule has 344 valence electrons. The van der Waals surface area contributed by atoms with Gasteiger partial charge in [-0.15, -0.1) is 0 Å². The van der Waals surface area contributed by atoms with Crippen molar-refractivity contribution in [3.8, 4) is 0 Å². The monoisotopic (exact) mass is 870 g/mol. The van der Waals surface area contributed by atoms with Crippen LogP contribution in [0.3, 0.4) is 0 Å². The summed E-state index contributed by atoms with van der Waals surface area (Å²) in [6.45, 7) is 20.7. The molecule has 11 nitrogen and oxygen atoms in total. The van der Waals surface area contributed by atoms with Crippen molar-refractivity contribution in [2.75, 3.05) is 19.8 Å². The Kier molecular flexibility index (Phi) is 36.8. The van der Waals surface area contributed by atoms with Gasteiger partial charge in [0.15, 0.2) is 6.10 Å². The molecule has 13 heteroatoms. The molecule has 0 aromatic rings. The predicted octanol–water partition coefficient (Wildman–Crippen LogP) is 7.59. The molecule has 0 radical (unpaired) electrons. The van der Waals surface area contributed by atoms with Gasteiger partial charge in [0.1, 0.15) is 6.61 Å². The fourth-order valence-corrected chi connectivity index (χ4v) is 8.19. The summed E-state index contributed by atoms with van der Waals surface area (Å²) in [7, 11) is -4.77. The van der Waals surface area contributed by atoms with Crippen LogP contribution in [0.1, 0.15) is 198 Å². The van der Waals surface area contributed by atoms with Gasteiger partial charge in [-0.1, -0.05) is 185 Å². The average molecular weight is 870 g/mol. The maximum Gasteiger partial charge on any atom is 1.00 e. The van der Waals surface area contributed by atoms with Gasteiger partial charge in [0.05, 0.1) is 25.2 Å². The van der Waals surface area contributed by atoms with Crippen LogP contribution in [-0.2, 0) is 37.5 Å². The van der Waals surface area contributed by atoms with Crippen molar-refractivity contribution in [1.29, 1.82) is 0 Å². The number of aliphatic carboxylic acids is 1. The third-order valence-corrected chi connectivity index (χ3v) is 12.4. The summed E-state index contributed by atoms with van der Waals surface area (Å²) in [5.74, 6) is 1.85. The zero-order valence-corrected chi connectivity index (χ0v) is 42.6. The average Bonchev–Trinajstić information content (AvgIpc) is 3.11. The van der Waals surface area contributed by atoms with E-state index in [2.05, 4.69) is 59.9 Å². The quantitative estimate of drug-likeness (QED) is 0.0356. The van der Waals surface area contributed by atoms with Crippen molar-refractivity contribution in [3.63, 3.8) is 0 Å². The SMILES string of the molecule is CC(C)CCCC(C)CCCC(C)CCCC(C)CC(=O)OC[C@H](COP(=O)(O)OC[C@H](N)C(=O)[O-])OC(=O)CC(C)CCCC(C)CCCC(C)CCCC(C)C.[Na+]. The van der Waals surface area contributed by atoms with Gasteiger partial charge in [-0.3, -0.25) is 18.6 Å². The summed E-state index contributed by atoms with van der Waals surface area (Å²) in [5, 5.41) is 10.9. The van der Waals surface area contributed by atoms with E-state index in [1.165, 1.54) is 77.0 Å². The molecular weight excluding hydrogens is 780 g/mol. The molecule has 3 N–H and O–H groups in total. The molecule has 7 unspecified atom stereocenters. The van der Waals surface area contributed by atoms with Crippen LogP contribution in [0, 0.1) is 47.3 Å². The third kappa shape index (κ3) is 37.7. The number of carbonyl (C=O) groups is 3. The molecule has 0 rings (SSSR count). The number of ether oxygens (including phenoxy) is 2. The predicted molar refractivity (Wildman–Crippen MR) is 233 cm³/mol. The zero-order chi connectivity index (χ0) is 44.1. The number of hydrogen-bond acceptors (Lipinski definition) is 10. The second-order valence-corrected chi connectivity index (χ2v) is 20.6. The molecule has 0 heterocycles. The second-order valence-electron chi connectivity index (χ2n) is 19.2. The maximum atomic E-state index is 13.0. The summed E-state index contributed by atoms with van der Waals surface area (Å²) in [5.41, 5.74) is 5.31. The normalized spacial score (nSPS) is 16.9. The van der Waals surface area contributed by atoms with Gasteiger partial charge in [-0.2, -0.15) is 0 Å². The molecular formula is C46H89NNaO10P. The van der Waals surface area contributed by atoms with Crippen molar-refractivity contribution < 1.29 is 77.0 Å². The van der Waals surface area contributed by atoms with E-state index >= 15 is 0 Å². The fourth-order valence-electron chi connectivity index (χ4n) is 7.41. The number of hydrogen-bond donors (Lipinski definition) is 2. The van der Waals surface area contributed by atoms with Crippen LogP contribution in [0.15, 0.2) is 0 Å². The minimum absolute atomic E-state index is 0. The van der Waals surface area contributed by atoms with Crippen molar-refractivity contribution in [3.05, 3.63) is 0 Å². The van der Waals surface area contributed by atoms with E-state index in [-0.39, 0.29) is 60.8 Å². The minimum atomic E-state index is -4.77. The number of phosphoric ester groups is 1. The van der Waals surface area contributed by atoms with Crippen LogP contribution in [-0.4, -0.2) is 54.8 Å². The van der Waals surface area contributed by atoms with Crippen molar-refractivity contribution >= 4 is 25.7 Å². The first-order chi connectivity index (χ1) is 27.2. The van der Waals surface area contributed by atoms with Gasteiger partial charge in [0.25, 0.3) is 0 Å². The fraction of sp³-hybridized carbons (Fsp3) is 0.935. The Hall–Kier alpha value is -0.520. The second kappa shape index (κ2) is 35.9. The summed E-state index contributed by atoms with van der Waals surface area (Å²) in [6.07, 6.45) is 20.4. The van der Waals surface area contributed by atoms with Gasteiger partial charge >= 0.3 is 49.3 Å². The summed E-state index contributed by atoms with van der Waals surface area (Å²) in [4.78, 5) is 46.7. The van der Waals surface area contributed by atoms with E-state index in [1.54, 1.807) is 0 Å². The topological polar surface area (TPSA) is 175 Å². The smallest absolute Gasteiger partial charge is 0.548 e. The molecule has 0 aliphatic heterocycles. The van der Waals surface area contributed by atoms with E-state index in [9.17, 15) is 28.9 Å². The molecule has 0 aliphatic rings. The van der Waals surface area contributed by atoms with E-state index < -0.39 is 51.1 Å². The van der Waals surface area contributed by atoms with Crippen molar-refractivity contribution in [2.45, 2.75) is 210 Å². The standard InChI is InChI=1S/C46H90NO10P.Na/c1-34(2)17-11-19-36(5)21-13-23-38(7)25-15-27-40(9)29-44(48)54-31-42(32-55-58(52,53)56-33-43(47)46(50)51)57-45(49)30-41(10)28-16-26-39(8)24-14-22-37(6)20-12-18-35(3)4;/h34-43H,11-33,47H2,1-10H3,(H,50,51)(H,52,53);/q;+1/p-1/t36?,37?,38?,39?,40?,41?,42-,43+;/m1./s1. The first-order valence-corrected chi connectivity index (χ1v) is 24.6. The Morgan fingerprint density at radius 2 is 0.847 bits per heavy atom. The number of carbonyl (C=O) groups excluding carboxylic acids is 3. The minimum Gasteiger partial charge on any atom is -0.548 e. The Balaban J connectivity index is 0. The van der Waals surface area contributed by atoms with E-state index in [0.717, 1.165) is 62.2 Å². The number of carboxylic acids is 1. The summed E-state index contributed by atoms with van der Waals surface area (Å²) >= 11 is 0. The van der Waals surface area contributed by atoms with Crippen molar-refractivity contribution in [1.82, 2.24) is 0 Å². The van der Waals surface area contributed by atoms with Crippen LogP contribution < -0.4 is 40.4 Å². The van der Waals surface area contributed by atoms with Crippen LogP contribution in [0.4, 0.5) is 0 Å². The van der Waals surface area contributed by atoms with Crippen LogP contribution in [0.25, 0.3) is 0 Å². The Bertz CT molecular complexity index is 1130. The molecule has 0 aliphatic carbocycles. The van der Waals surface area contributed by atoms with Crippen LogP contribution in [0.5, 0.6) is 0 Å². The Morgan fingerprint density at radius 1 is 0.525 bits per heavy atom. The van der Waals surface area contributed by atoms with Gasteiger partial charge in [0.2, 0.25) is 0 Å². The first kappa shape index (κ1) is 60.6. The molecule has 0 aromatic heterocycles. The van der Waals surface area contributed by atoms with Gasteiger partial charge in [-0.05, 0) is 47.3 Å². The van der Waals surface area contributed by atoms with Crippen LogP contribution >= 0.6 is 7.82 Å². The molecule has 0 amide bonds. The summed E-state index contributed by atoms with van der Waals surface area (Å²) in [6, 6.07) is -1.64. The largest absolute Gasteiger partial charge is 1.00 e. The first-order valence-electron chi connectivity index (χ1n) is 23.1. The molecule has 59 heavy (non-hydrogen) atoms. The van der Waals surface area contributed by atoms with Gasteiger partial charge in [-0.25, -0.2) is 4.57 Å². The number of phosphoric acid groups is 1.